The highest BCUT2D eigenvalue weighted by molar-refractivity contribution is 7.92. The van der Waals surface area contributed by atoms with Crippen molar-refractivity contribution in [2.24, 2.45) is 0 Å². The van der Waals surface area contributed by atoms with Crippen LogP contribution in [0.5, 0.6) is 11.5 Å². The third-order valence-electron chi connectivity index (χ3n) is 5.57. The van der Waals surface area contributed by atoms with Gasteiger partial charge in [0.25, 0.3) is 10.0 Å². The second-order valence-electron chi connectivity index (χ2n) is 7.92. The monoisotopic (exact) mass is 500 g/mol. The summed E-state index contributed by atoms with van der Waals surface area (Å²) in [7, 11) is -1.53. The summed E-state index contributed by atoms with van der Waals surface area (Å²) >= 11 is 0. The number of methoxy groups -OCH3 is 2. The Bertz CT molecular complexity index is 1280. The van der Waals surface area contributed by atoms with Crippen molar-refractivity contribution < 1.29 is 27.1 Å². The van der Waals surface area contributed by atoms with Crippen LogP contribution >= 0.6 is 0 Å². The van der Waals surface area contributed by atoms with E-state index in [1.165, 1.54) is 50.6 Å². The zero-order valence-corrected chi connectivity index (χ0v) is 20.9. The number of carbonyl (C=O) groups excluding carboxylic acids is 1. The van der Waals surface area contributed by atoms with Crippen molar-refractivity contribution in [2.75, 3.05) is 25.1 Å². The van der Waals surface area contributed by atoms with Crippen molar-refractivity contribution >= 4 is 21.6 Å². The fourth-order valence-corrected chi connectivity index (χ4v) is 5.09. The van der Waals surface area contributed by atoms with E-state index < -0.39 is 28.3 Å². The number of sulfonamides is 1. The smallest absolute Gasteiger partial charge is 0.265 e. The minimum absolute atomic E-state index is 0.170. The lowest BCUT2D eigenvalue weighted by molar-refractivity contribution is -0.120. The number of nitrogens with zero attached hydrogens (tertiary/aromatic N) is 1. The first-order chi connectivity index (χ1) is 16.7. The lowest BCUT2D eigenvalue weighted by Crippen LogP contribution is -2.42. The van der Waals surface area contributed by atoms with Gasteiger partial charge in [0.15, 0.2) is 11.5 Å². The topological polar surface area (TPSA) is 84.9 Å². The molecule has 1 amide bonds. The Hall–Kier alpha value is -3.59. The third-order valence-corrected chi connectivity index (χ3v) is 7.33. The molecule has 3 aromatic carbocycles. The molecule has 7 nitrogen and oxygen atoms in total. The van der Waals surface area contributed by atoms with Crippen molar-refractivity contribution in [1.82, 2.24) is 5.32 Å². The van der Waals surface area contributed by atoms with Crippen LogP contribution in [0, 0.1) is 12.7 Å². The molecular formula is C26H29FN2O5S. The number of hydrogen-bond donors (Lipinski definition) is 1. The molecule has 3 aromatic rings. The molecule has 0 heterocycles. The number of amides is 1. The van der Waals surface area contributed by atoms with E-state index >= 15 is 0 Å². The number of anilines is 1. The summed E-state index contributed by atoms with van der Waals surface area (Å²) in [5, 5.41) is 2.87. The summed E-state index contributed by atoms with van der Waals surface area (Å²) in [6.07, 6.45) is 0.594. The van der Waals surface area contributed by atoms with Crippen LogP contribution in [0.3, 0.4) is 0 Å². The molecule has 0 saturated heterocycles. The van der Waals surface area contributed by atoms with Gasteiger partial charge in [0, 0.05) is 6.07 Å². The third kappa shape index (κ3) is 5.92. The molecule has 0 spiro atoms. The minimum atomic E-state index is -4.35. The first kappa shape index (κ1) is 26.0. The fraction of sp³-hybridized carbons (Fsp3) is 0.269. The molecule has 0 aliphatic heterocycles. The molecule has 35 heavy (non-hydrogen) atoms. The summed E-state index contributed by atoms with van der Waals surface area (Å²) in [6.45, 7) is 3.27. The van der Waals surface area contributed by atoms with Crippen molar-refractivity contribution in [1.29, 1.82) is 0 Å². The molecule has 1 N–H and O–H groups in total. The van der Waals surface area contributed by atoms with Crippen molar-refractivity contribution in [2.45, 2.75) is 31.2 Å². The second kappa shape index (κ2) is 11.2. The van der Waals surface area contributed by atoms with Gasteiger partial charge < -0.3 is 14.8 Å². The van der Waals surface area contributed by atoms with Crippen LogP contribution in [0.25, 0.3) is 0 Å². The SMILES string of the molecule is CCC(NC(=O)CN(c1ccccc1F)S(=O)(=O)c1ccc(OC)c(OC)c1)c1ccc(C)cc1. The van der Waals surface area contributed by atoms with Crippen molar-refractivity contribution in [3.63, 3.8) is 0 Å². The maximum Gasteiger partial charge on any atom is 0.265 e. The number of benzene rings is 3. The van der Waals surface area contributed by atoms with Crippen molar-refractivity contribution in [3.8, 4) is 11.5 Å². The Morgan fingerprint density at radius 1 is 1.00 bits per heavy atom. The molecule has 0 saturated carbocycles. The average Bonchev–Trinajstić information content (AvgIpc) is 2.86. The number of aryl methyl sites for hydroxylation is 1. The van der Waals surface area contributed by atoms with Crippen LogP contribution in [0.1, 0.15) is 30.5 Å². The zero-order chi connectivity index (χ0) is 25.6. The predicted molar refractivity (Wildman–Crippen MR) is 133 cm³/mol. The van der Waals surface area contributed by atoms with Gasteiger partial charge >= 0.3 is 0 Å². The number of nitrogens with one attached hydrogen (secondary N) is 1. The van der Waals surface area contributed by atoms with E-state index in [2.05, 4.69) is 5.32 Å². The molecule has 1 unspecified atom stereocenters. The van der Waals surface area contributed by atoms with Gasteiger partial charge in [-0.25, -0.2) is 12.8 Å². The van der Waals surface area contributed by atoms with E-state index in [1.54, 1.807) is 0 Å². The van der Waals surface area contributed by atoms with Crippen LogP contribution in [-0.2, 0) is 14.8 Å². The Morgan fingerprint density at radius 2 is 1.66 bits per heavy atom. The molecule has 9 heteroatoms. The largest absolute Gasteiger partial charge is 0.493 e. The molecule has 0 radical (unpaired) electrons. The second-order valence-corrected chi connectivity index (χ2v) is 9.78. The molecule has 3 rings (SSSR count). The van der Waals surface area contributed by atoms with Gasteiger partial charge in [0.05, 0.1) is 30.8 Å². The summed E-state index contributed by atoms with van der Waals surface area (Å²) in [5.41, 5.74) is 1.74. The molecule has 0 fully saturated rings. The predicted octanol–water partition coefficient (Wildman–Crippen LogP) is 4.61. The Kier molecular flexibility index (Phi) is 8.34. The van der Waals surface area contributed by atoms with Crippen LogP contribution in [0.15, 0.2) is 71.6 Å². The molecule has 1 atom stereocenters. The summed E-state index contributed by atoms with van der Waals surface area (Å²) < 4.78 is 53.2. The van der Waals surface area contributed by atoms with E-state index in [0.29, 0.717) is 12.2 Å². The van der Waals surface area contributed by atoms with E-state index in [1.807, 2.05) is 38.1 Å². The molecule has 186 valence electrons. The van der Waals surface area contributed by atoms with Gasteiger partial charge in [-0.3, -0.25) is 9.10 Å². The van der Waals surface area contributed by atoms with Gasteiger partial charge in [0.1, 0.15) is 12.4 Å². The lowest BCUT2D eigenvalue weighted by atomic mass is 10.0. The van der Waals surface area contributed by atoms with Gasteiger partial charge in [0.2, 0.25) is 5.91 Å². The van der Waals surface area contributed by atoms with Crippen LogP contribution in [0.4, 0.5) is 10.1 Å². The molecule has 0 aliphatic rings. The Morgan fingerprint density at radius 3 is 2.26 bits per heavy atom. The summed E-state index contributed by atoms with van der Waals surface area (Å²) in [6, 6.07) is 16.9. The molecule has 0 bridgehead atoms. The number of halogens is 1. The summed E-state index contributed by atoms with van der Waals surface area (Å²) in [5.74, 6) is -0.804. The van der Waals surface area contributed by atoms with Crippen LogP contribution in [-0.4, -0.2) is 35.1 Å². The normalized spacial score (nSPS) is 12.0. The quantitative estimate of drug-likeness (QED) is 0.439. The minimum Gasteiger partial charge on any atom is -0.493 e. The fourth-order valence-electron chi connectivity index (χ4n) is 3.65. The maximum atomic E-state index is 14.7. The zero-order valence-electron chi connectivity index (χ0n) is 20.1. The molecular weight excluding hydrogens is 471 g/mol. The van der Waals surface area contributed by atoms with E-state index in [-0.39, 0.29) is 22.4 Å². The highest BCUT2D eigenvalue weighted by Gasteiger charge is 2.30. The Balaban J connectivity index is 1.97. The van der Waals surface area contributed by atoms with Gasteiger partial charge in [-0.2, -0.15) is 0 Å². The van der Waals surface area contributed by atoms with E-state index in [0.717, 1.165) is 21.5 Å². The maximum absolute atomic E-state index is 14.7. The molecule has 0 aliphatic carbocycles. The first-order valence-corrected chi connectivity index (χ1v) is 12.5. The van der Waals surface area contributed by atoms with Gasteiger partial charge in [-0.1, -0.05) is 48.9 Å². The van der Waals surface area contributed by atoms with E-state index in [4.69, 9.17) is 9.47 Å². The van der Waals surface area contributed by atoms with E-state index in [9.17, 15) is 17.6 Å². The average molecular weight is 501 g/mol. The van der Waals surface area contributed by atoms with Crippen LogP contribution < -0.4 is 19.1 Å². The summed E-state index contributed by atoms with van der Waals surface area (Å²) in [4.78, 5) is 12.9. The number of hydrogen-bond acceptors (Lipinski definition) is 5. The highest BCUT2D eigenvalue weighted by atomic mass is 32.2. The van der Waals surface area contributed by atoms with Gasteiger partial charge in [-0.15, -0.1) is 0 Å². The Labute approximate surface area is 205 Å². The number of rotatable bonds is 10. The van der Waals surface area contributed by atoms with Crippen LogP contribution in [0.2, 0.25) is 0 Å². The number of ether oxygens (including phenoxy) is 2. The standard InChI is InChI=1S/C26H29FN2O5S/c1-5-22(19-12-10-18(2)11-13-19)28-26(30)17-29(23-9-7-6-8-21(23)27)35(31,32)20-14-15-24(33-3)25(16-20)34-4/h6-16,22H,5,17H2,1-4H3,(H,28,30). The number of para-hydroxylation sites is 1. The first-order valence-electron chi connectivity index (χ1n) is 11.1. The molecule has 0 aromatic heterocycles. The lowest BCUT2D eigenvalue weighted by Gasteiger charge is -2.26. The van der Waals surface area contributed by atoms with Gasteiger partial charge in [-0.05, 0) is 43.2 Å². The number of carbonyl (C=O) groups is 1. The van der Waals surface area contributed by atoms with Crippen molar-refractivity contribution in [3.05, 3.63) is 83.7 Å². The highest BCUT2D eigenvalue weighted by Crippen LogP contribution is 2.33.